The van der Waals surface area contributed by atoms with E-state index in [1.807, 2.05) is 25.8 Å². The van der Waals surface area contributed by atoms with Gasteiger partial charge in [-0.25, -0.2) is 0 Å². The van der Waals surface area contributed by atoms with Crippen molar-refractivity contribution >= 4 is 5.97 Å². The van der Waals surface area contributed by atoms with Crippen molar-refractivity contribution in [1.82, 2.24) is 4.90 Å². The molecule has 0 saturated carbocycles. The molecule has 0 amide bonds. The SMILES string of the molecule is CCCC(C)(CN(C)CCOC)C(=O)O. The van der Waals surface area contributed by atoms with Gasteiger partial charge in [0.15, 0.2) is 0 Å². The predicted octanol–water partition coefficient (Wildman–Crippen LogP) is 1.46. The van der Waals surface area contributed by atoms with Crippen LogP contribution in [0.1, 0.15) is 26.7 Å². The van der Waals surface area contributed by atoms with E-state index in [0.717, 1.165) is 13.0 Å². The van der Waals surface area contributed by atoms with Crippen LogP contribution in [0.4, 0.5) is 0 Å². The molecule has 0 aliphatic rings. The monoisotopic (exact) mass is 217 g/mol. The van der Waals surface area contributed by atoms with Crippen molar-refractivity contribution in [3.8, 4) is 0 Å². The van der Waals surface area contributed by atoms with Crippen LogP contribution in [0.15, 0.2) is 0 Å². The van der Waals surface area contributed by atoms with Crippen LogP contribution in [-0.4, -0.2) is 49.8 Å². The molecule has 0 aromatic carbocycles. The number of carboxylic acids is 1. The molecule has 0 aromatic rings. The molecule has 0 radical (unpaired) electrons. The molecule has 90 valence electrons. The second kappa shape index (κ2) is 6.80. The van der Waals surface area contributed by atoms with Crippen molar-refractivity contribution in [2.45, 2.75) is 26.7 Å². The van der Waals surface area contributed by atoms with Gasteiger partial charge in [0, 0.05) is 20.2 Å². The van der Waals surface area contributed by atoms with Gasteiger partial charge in [-0.1, -0.05) is 13.3 Å². The lowest BCUT2D eigenvalue weighted by Gasteiger charge is -2.29. The van der Waals surface area contributed by atoms with Crippen LogP contribution in [-0.2, 0) is 9.53 Å². The van der Waals surface area contributed by atoms with Crippen molar-refractivity contribution in [3.63, 3.8) is 0 Å². The van der Waals surface area contributed by atoms with Crippen LogP contribution < -0.4 is 0 Å². The first kappa shape index (κ1) is 14.4. The van der Waals surface area contributed by atoms with Gasteiger partial charge in [0.05, 0.1) is 12.0 Å². The number of likely N-dealkylation sites (N-methyl/N-ethyl adjacent to an activating group) is 1. The summed E-state index contributed by atoms with van der Waals surface area (Å²) in [6.07, 6.45) is 1.60. The highest BCUT2D eigenvalue weighted by Gasteiger charge is 2.33. The molecule has 0 aliphatic heterocycles. The number of hydrogen-bond donors (Lipinski definition) is 1. The van der Waals surface area contributed by atoms with Crippen molar-refractivity contribution < 1.29 is 14.6 Å². The minimum Gasteiger partial charge on any atom is -0.481 e. The summed E-state index contributed by atoms with van der Waals surface area (Å²) in [7, 11) is 3.58. The summed E-state index contributed by atoms with van der Waals surface area (Å²) in [6, 6.07) is 0. The highest BCUT2D eigenvalue weighted by molar-refractivity contribution is 5.74. The Morgan fingerprint density at radius 2 is 2.13 bits per heavy atom. The number of ether oxygens (including phenoxy) is 1. The fourth-order valence-electron chi connectivity index (χ4n) is 1.73. The summed E-state index contributed by atoms with van der Waals surface area (Å²) in [4.78, 5) is 13.2. The molecule has 1 N–H and O–H groups in total. The van der Waals surface area contributed by atoms with Crippen LogP contribution in [0.25, 0.3) is 0 Å². The molecule has 1 unspecified atom stereocenters. The van der Waals surface area contributed by atoms with Crippen LogP contribution in [0.5, 0.6) is 0 Å². The first-order valence-electron chi connectivity index (χ1n) is 5.37. The summed E-state index contributed by atoms with van der Waals surface area (Å²) in [5.41, 5.74) is -0.642. The average Bonchev–Trinajstić information content (AvgIpc) is 2.14. The maximum atomic E-state index is 11.2. The zero-order chi connectivity index (χ0) is 11.9. The van der Waals surface area contributed by atoms with Crippen molar-refractivity contribution in [2.24, 2.45) is 5.41 Å². The van der Waals surface area contributed by atoms with Gasteiger partial charge in [-0.05, 0) is 20.4 Å². The molecule has 0 saturated heterocycles. The van der Waals surface area contributed by atoms with Crippen molar-refractivity contribution in [3.05, 3.63) is 0 Å². The van der Waals surface area contributed by atoms with E-state index in [1.54, 1.807) is 7.11 Å². The van der Waals surface area contributed by atoms with E-state index in [9.17, 15) is 9.90 Å². The van der Waals surface area contributed by atoms with Gasteiger partial charge in [0.2, 0.25) is 0 Å². The number of methoxy groups -OCH3 is 1. The third kappa shape index (κ3) is 5.14. The van der Waals surface area contributed by atoms with Gasteiger partial charge in [-0.3, -0.25) is 4.79 Å². The molecular formula is C11H23NO3. The summed E-state index contributed by atoms with van der Waals surface area (Å²) >= 11 is 0. The van der Waals surface area contributed by atoms with E-state index >= 15 is 0 Å². The molecule has 1 atom stereocenters. The Labute approximate surface area is 92.2 Å². The Morgan fingerprint density at radius 3 is 2.53 bits per heavy atom. The van der Waals surface area contributed by atoms with Crippen molar-refractivity contribution in [1.29, 1.82) is 0 Å². The van der Waals surface area contributed by atoms with Crippen molar-refractivity contribution in [2.75, 3.05) is 33.9 Å². The fourth-order valence-corrected chi connectivity index (χ4v) is 1.73. The van der Waals surface area contributed by atoms with Gasteiger partial charge in [-0.2, -0.15) is 0 Å². The van der Waals surface area contributed by atoms with E-state index in [-0.39, 0.29) is 0 Å². The zero-order valence-corrected chi connectivity index (χ0v) is 10.2. The third-order valence-corrected chi connectivity index (χ3v) is 2.61. The Hall–Kier alpha value is -0.610. The topological polar surface area (TPSA) is 49.8 Å². The molecular weight excluding hydrogens is 194 g/mol. The van der Waals surface area contributed by atoms with Crippen LogP contribution in [0.3, 0.4) is 0 Å². The van der Waals surface area contributed by atoms with Gasteiger partial charge in [0.1, 0.15) is 0 Å². The number of rotatable bonds is 8. The third-order valence-electron chi connectivity index (χ3n) is 2.61. The van der Waals surface area contributed by atoms with Crippen LogP contribution in [0, 0.1) is 5.41 Å². The number of nitrogens with zero attached hydrogens (tertiary/aromatic N) is 1. The van der Waals surface area contributed by atoms with Gasteiger partial charge in [0.25, 0.3) is 0 Å². The lowest BCUT2D eigenvalue weighted by Crippen LogP contribution is -2.40. The molecule has 0 rings (SSSR count). The van der Waals surface area contributed by atoms with Gasteiger partial charge in [-0.15, -0.1) is 0 Å². The molecule has 4 nitrogen and oxygen atoms in total. The maximum Gasteiger partial charge on any atom is 0.310 e. The second-order valence-corrected chi connectivity index (χ2v) is 4.35. The van der Waals surface area contributed by atoms with Gasteiger partial charge < -0.3 is 14.7 Å². The number of carbonyl (C=O) groups is 1. The molecule has 0 aliphatic carbocycles. The summed E-state index contributed by atoms with van der Waals surface area (Å²) in [6.45, 7) is 5.79. The molecule has 0 fully saturated rings. The summed E-state index contributed by atoms with van der Waals surface area (Å²) in [5.74, 6) is -0.714. The lowest BCUT2D eigenvalue weighted by atomic mass is 9.85. The van der Waals surface area contributed by atoms with E-state index in [0.29, 0.717) is 19.6 Å². The molecule has 0 aromatic heterocycles. The van der Waals surface area contributed by atoms with E-state index in [1.165, 1.54) is 0 Å². The molecule has 15 heavy (non-hydrogen) atoms. The summed E-state index contributed by atoms with van der Waals surface area (Å²) < 4.78 is 4.96. The molecule has 0 spiro atoms. The van der Waals surface area contributed by atoms with E-state index in [4.69, 9.17) is 4.74 Å². The van der Waals surface area contributed by atoms with E-state index < -0.39 is 11.4 Å². The van der Waals surface area contributed by atoms with Gasteiger partial charge >= 0.3 is 5.97 Å². The first-order valence-corrected chi connectivity index (χ1v) is 5.37. The lowest BCUT2D eigenvalue weighted by molar-refractivity contribution is -0.149. The quantitative estimate of drug-likeness (QED) is 0.668. The second-order valence-electron chi connectivity index (χ2n) is 4.35. The minimum absolute atomic E-state index is 0.569. The maximum absolute atomic E-state index is 11.2. The number of hydrogen-bond acceptors (Lipinski definition) is 3. The number of carboxylic acid groups (broad SMARTS) is 1. The number of aliphatic carboxylic acids is 1. The first-order chi connectivity index (χ1) is 6.96. The molecule has 0 bridgehead atoms. The fraction of sp³-hybridized carbons (Fsp3) is 0.909. The molecule has 4 heteroatoms. The highest BCUT2D eigenvalue weighted by Crippen LogP contribution is 2.24. The Morgan fingerprint density at radius 1 is 1.53 bits per heavy atom. The Kier molecular flexibility index (Phi) is 6.52. The smallest absolute Gasteiger partial charge is 0.310 e. The zero-order valence-electron chi connectivity index (χ0n) is 10.2. The average molecular weight is 217 g/mol. The standard InChI is InChI=1S/C11H23NO3/c1-5-6-11(2,10(13)14)9-12(3)7-8-15-4/h5-9H2,1-4H3,(H,13,14). The normalized spacial score (nSPS) is 15.3. The van der Waals surface area contributed by atoms with E-state index in [2.05, 4.69) is 0 Å². The predicted molar refractivity (Wildman–Crippen MR) is 60.0 cm³/mol. The van der Waals surface area contributed by atoms with Crippen LogP contribution in [0.2, 0.25) is 0 Å². The Bertz CT molecular complexity index is 196. The Balaban J connectivity index is 4.21. The minimum atomic E-state index is -0.714. The molecule has 0 heterocycles. The highest BCUT2D eigenvalue weighted by atomic mass is 16.5. The summed E-state index contributed by atoms with van der Waals surface area (Å²) in [5, 5.41) is 9.18. The largest absolute Gasteiger partial charge is 0.481 e. The van der Waals surface area contributed by atoms with Crippen LogP contribution >= 0.6 is 0 Å².